The van der Waals surface area contributed by atoms with E-state index in [4.69, 9.17) is 11.6 Å². The zero-order chi connectivity index (χ0) is 18.4. The average molecular weight is 436 g/mol. The molecule has 1 unspecified atom stereocenters. The van der Waals surface area contributed by atoms with Crippen molar-refractivity contribution in [2.45, 2.75) is 36.7 Å². The molecule has 1 saturated heterocycles. The fourth-order valence-corrected chi connectivity index (χ4v) is 4.01. The van der Waals surface area contributed by atoms with Gasteiger partial charge in [0.15, 0.2) is 0 Å². The second kappa shape index (κ2) is 9.54. The first-order valence-electron chi connectivity index (χ1n) is 9.06. The summed E-state index contributed by atoms with van der Waals surface area (Å²) in [5, 5.41) is 3.89. The first-order valence-corrected chi connectivity index (χ1v) is 10.4. The van der Waals surface area contributed by atoms with E-state index in [1.165, 1.54) is 5.56 Å². The predicted molar refractivity (Wildman–Crippen MR) is 111 cm³/mol. The van der Waals surface area contributed by atoms with Crippen molar-refractivity contribution < 1.29 is 4.79 Å². The lowest BCUT2D eigenvalue weighted by Gasteiger charge is -2.32. The molecular formula is C21H24BrClN2O. The summed E-state index contributed by atoms with van der Waals surface area (Å²) in [6, 6.07) is 18.5. The number of carbonyl (C=O) groups excluding carboxylic acids is 1. The molecule has 1 amide bonds. The first kappa shape index (κ1) is 19.4. The highest BCUT2D eigenvalue weighted by molar-refractivity contribution is 9.10. The Morgan fingerprint density at radius 2 is 1.77 bits per heavy atom. The molecule has 3 nitrogen and oxygen atoms in total. The van der Waals surface area contributed by atoms with Crippen molar-refractivity contribution in [3.63, 3.8) is 0 Å². The summed E-state index contributed by atoms with van der Waals surface area (Å²) in [6.45, 7) is 3.00. The number of nitrogens with one attached hydrogen (secondary N) is 1. The number of benzene rings is 2. The van der Waals surface area contributed by atoms with E-state index in [2.05, 4.69) is 50.4 Å². The number of hydrogen-bond donors (Lipinski definition) is 1. The Bertz CT molecular complexity index is 717. The topological polar surface area (TPSA) is 32.3 Å². The SMILES string of the molecule is O=C(NC1CCN(Cc2ccccc2)CC1)C(Br)Cc1ccccc1Cl. The second-order valence-electron chi connectivity index (χ2n) is 6.81. The molecule has 138 valence electrons. The lowest BCUT2D eigenvalue weighted by Crippen LogP contribution is -2.46. The molecule has 26 heavy (non-hydrogen) atoms. The summed E-state index contributed by atoms with van der Waals surface area (Å²) < 4.78 is 0. The van der Waals surface area contributed by atoms with Crippen LogP contribution in [0, 0.1) is 0 Å². The molecule has 1 atom stereocenters. The van der Waals surface area contributed by atoms with Crippen molar-refractivity contribution in [2.24, 2.45) is 0 Å². The van der Waals surface area contributed by atoms with Gasteiger partial charge in [0.2, 0.25) is 5.91 Å². The smallest absolute Gasteiger partial charge is 0.234 e. The van der Waals surface area contributed by atoms with Crippen LogP contribution in [0.4, 0.5) is 0 Å². The molecule has 1 N–H and O–H groups in total. The van der Waals surface area contributed by atoms with Crippen molar-refractivity contribution in [2.75, 3.05) is 13.1 Å². The van der Waals surface area contributed by atoms with E-state index in [1.54, 1.807) is 0 Å². The molecule has 2 aromatic carbocycles. The van der Waals surface area contributed by atoms with Crippen LogP contribution < -0.4 is 5.32 Å². The van der Waals surface area contributed by atoms with Gasteiger partial charge in [0, 0.05) is 30.7 Å². The maximum Gasteiger partial charge on any atom is 0.234 e. The summed E-state index contributed by atoms with van der Waals surface area (Å²) in [5.41, 5.74) is 2.33. The molecule has 0 bridgehead atoms. The van der Waals surface area contributed by atoms with Gasteiger partial charge in [-0.2, -0.15) is 0 Å². The number of carbonyl (C=O) groups is 1. The van der Waals surface area contributed by atoms with E-state index in [9.17, 15) is 4.79 Å². The van der Waals surface area contributed by atoms with Crippen LogP contribution in [0.2, 0.25) is 5.02 Å². The van der Waals surface area contributed by atoms with Gasteiger partial charge in [-0.05, 0) is 36.5 Å². The standard InChI is InChI=1S/C21H24BrClN2O/c22-19(14-17-8-4-5-9-20(17)23)21(26)24-18-10-12-25(13-11-18)15-16-6-2-1-3-7-16/h1-9,18-19H,10-15H2,(H,24,26). The highest BCUT2D eigenvalue weighted by Crippen LogP contribution is 2.20. The van der Waals surface area contributed by atoms with Crippen LogP contribution in [-0.2, 0) is 17.8 Å². The number of rotatable bonds is 6. The Kier molecular flexibility index (Phi) is 7.12. The number of halogens is 2. The van der Waals surface area contributed by atoms with Gasteiger partial charge < -0.3 is 5.32 Å². The largest absolute Gasteiger partial charge is 0.352 e. The van der Waals surface area contributed by atoms with Crippen LogP contribution in [0.5, 0.6) is 0 Å². The Morgan fingerprint density at radius 1 is 1.12 bits per heavy atom. The normalized spacial score (nSPS) is 17.0. The van der Waals surface area contributed by atoms with Gasteiger partial charge in [0.25, 0.3) is 0 Å². The van der Waals surface area contributed by atoms with Crippen molar-refractivity contribution >= 4 is 33.4 Å². The number of amides is 1. The van der Waals surface area contributed by atoms with E-state index in [1.807, 2.05) is 30.3 Å². The van der Waals surface area contributed by atoms with Gasteiger partial charge in [-0.15, -0.1) is 0 Å². The first-order chi connectivity index (χ1) is 12.6. The Hall–Kier alpha value is -1.36. The van der Waals surface area contributed by atoms with Crippen molar-refractivity contribution in [3.05, 3.63) is 70.7 Å². The zero-order valence-electron chi connectivity index (χ0n) is 14.7. The fourth-order valence-electron chi connectivity index (χ4n) is 3.32. The highest BCUT2D eigenvalue weighted by Gasteiger charge is 2.24. The Balaban J connectivity index is 1.43. The van der Waals surface area contributed by atoms with Gasteiger partial charge in [-0.3, -0.25) is 9.69 Å². The van der Waals surface area contributed by atoms with Gasteiger partial charge in [0.1, 0.15) is 0 Å². The summed E-state index contributed by atoms with van der Waals surface area (Å²) >= 11 is 9.71. The Morgan fingerprint density at radius 3 is 2.46 bits per heavy atom. The lowest BCUT2D eigenvalue weighted by molar-refractivity contribution is -0.121. The molecule has 1 aliphatic heterocycles. The highest BCUT2D eigenvalue weighted by atomic mass is 79.9. The van der Waals surface area contributed by atoms with Gasteiger partial charge in [-0.1, -0.05) is 76.1 Å². The number of likely N-dealkylation sites (tertiary alicyclic amines) is 1. The maximum atomic E-state index is 12.5. The summed E-state index contributed by atoms with van der Waals surface area (Å²) in [4.78, 5) is 14.7. The van der Waals surface area contributed by atoms with Crippen LogP contribution in [0.15, 0.2) is 54.6 Å². The summed E-state index contributed by atoms with van der Waals surface area (Å²) in [6.07, 6.45) is 2.58. The van der Waals surface area contributed by atoms with E-state index in [0.29, 0.717) is 11.4 Å². The van der Waals surface area contributed by atoms with Crippen LogP contribution in [0.3, 0.4) is 0 Å². The average Bonchev–Trinajstić information content (AvgIpc) is 2.66. The Labute approximate surface area is 168 Å². The van der Waals surface area contributed by atoms with Crippen LogP contribution in [0.25, 0.3) is 0 Å². The molecule has 1 aliphatic rings. The van der Waals surface area contributed by atoms with Crippen molar-refractivity contribution in [3.8, 4) is 0 Å². The number of alkyl halides is 1. The quantitative estimate of drug-likeness (QED) is 0.681. The molecule has 2 aromatic rings. The number of nitrogens with zero attached hydrogens (tertiary/aromatic N) is 1. The number of hydrogen-bond acceptors (Lipinski definition) is 2. The lowest BCUT2D eigenvalue weighted by atomic mass is 10.0. The fraction of sp³-hybridized carbons (Fsp3) is 0.381. The molecule has 0 radical (unpaired) electrons. The van der Waals surface area contributed by atoms with E-state index in [0.717, 1.165) is 38.0 Å². The van der Waals surface area contributed by atoms with Gasteiger partial charge in [0.05, 0.1) is 4.83 Å². The molecule has 1 heterocycles. The molecule has 3 rings (SSSR count). The van der Waals surface area contributed by atoms with Crippen molar-refractivity contribution in [1.29, 1.82) is 0 Å². The number of piperidine rings is 1. The van der Waals surface area contributed by atoms with Gasteiger partial charge >= 0.3 is 0 Å². The predicted octanol–water partition coefficient (Wildman–Crippen LogP) is 4.43. The summed E-state index contributed by atoms with van der Waals surface area (Å²) in [5.74, 6) is 0.0476. The third-order valence-electron chi connectivity index (χ3n) is 4.82. The second-order valence-corrected chi connectivity index (χ2v) is 8.32. The van der Waals surface area contributed by atoms with E-state index in [-0.39, 0.29) is 16.8 Å². The van der Waals surface area contributed by atoms with Crippen LogP contribution in [0.1, 0.15) is 24.0 Å². The van der Waals surface area contributed by atoms with E-state index >= 15 is 0 Å². The van der Waals surface area contributed by atoms with Crippen molar-refractivity contribution in [1.82, 2.24) is 10.2 Å². The molecule has 0 aliphatic carbocycles. The minimum absolute atomic E-state index is 0.0476. The zero-order valence-corrected chi connectivity index (χ0v) is 17.0. The molecule has 0 saturated carbocycles. The van der Waals surface area contributed by atoms with Crippen LogP contribution >= 0.6 is 27.5 Å². The van der Waals surface area contributed by atoms with Gasteiger partial charge in [-0.25, -0.2) is 0 Å². The molecule has 0 spiro atoms. The summed E-state index contributed by atoms with van der Waals surface area (Å²) in [7, 11) is 0. The molecule has 1 fully saturated rings. The van der Waals surface area contributed by atoms with Crippen LogP contribution in [-0.4, -0.2) is 34.8 Å². The third kappa shape index (κ3) is 5.57. The minimum Gasteiger partial charge on any atom is -0.352 e. The minimum atomic E-state index is -0.259. The van der Waals surface area contributed by atoms with E-state index < -0.39 is 0 Å². The molecule has 0 aromatic heterocycles. The molecular weight excluding hydrogens is 412 g/mol. The third-order valence-corrected chi connectivity index (χ3v) is 5.93. The maximum absolute atomic E-state index is 12.5. The monoisotopic (exact) mass is 434 g/mol. The molecule has 5 heteroatoms.